The molecule has 0 fully saturated rings. The van der Waals surface area contributed by atoms with E-state index in [0.717, 1.165) is 51.8 Å². The SMILES string of the molecule is C=CC(=O)OCCCc1ccc(-c2ccc(-c3cccc(-c4ccc(COC(=O)C=C)cc4)c3)cc2)cc1. The van der Waals surface area contributed by atoms with Crippen molar-refractivity contribution >= 4 is 11.9 Å². The largest absolute Gasteiger partial charge is 0.463 e. The van der Waals surface area contributed by atoms with Gasteiger partial charge in [0, 0.05) is 12.2 Å². The molecule has 0 saturated carbocycles. The van der Waals surface area contributed by atoms with Crippen molar-refractivity contribution in [1.29, 1.82) is 0 Å². The number of ether oxygens (including phenoxy) is 2. The van der Waals surface area contributed by atoms with E-state index in [2.05, 4.69) is 86.0 Å². The van der Waals surface area contributed by atoms with Crippen LogP contribution in [0.1, 0.15) is 17.5 Å². The first kappa shape index (κ1) is 26.4. The van der Waals surface area contributed by atoms with Crippen LogP contribution in [-0.4, -0.2) is 18.5 Å². The summed E-state index contributed by atoms with van der Waals surface area (Å²) < 4.78 is 10.1. The van der Waals surface area contributed by atoms with Crippen LogP contribution >= 0.6 is 0 Å². The second-order valence-electron chi connectivity index (χ2n) is 8.84. The molecule has 0 N–H and O–H groups in total. The maximum absolute atomic E-state index is 11.3. The fourth-order valence-electron chi connectivity index (χ4n) is 4.11. The summed E-state index contributed by atoms with van der Waals surface area (Å²) in [7, 11) is 0. The van der Waals surface area contributed by atoms with E-state index in [1.807, 2.05) is 24.3 Å². The third kappa shape index (κ3) is 7.17. The Labute approximate surface area is 223 Å². The van der Waals surface area contributed by atoms with Crippen LogP contribution in [0.3, 0.4) is 0 Å². The molecular weight excluding hydrogens is 472 g/mol. The van der Waals surface area contributed by atoms with E-state index >= 15 is 0 Å². The quantitative estimate of drug-likeness (QED) is 0.121. The Bertz CT molecular complexity index is 1400. The van der Waals surface area contributed by atoms with Crippen LogP contribution in [0.25, 0.3) is 33.4 Å². The molecule has 0 heterocycles. The zero-order valence-corrected chi connectivity index (χ0v) is 21.3. The zero-order chi connectivity index (χ0) is 26.7. The van der Waals surface area contributed by atoms with E-state index in [-0.39, 0.29) is 12.6 Å². The highest BCUT2D eigenvalue weighted by molar-refractivity contribution is 5.81. The minimum absolute atomic E-state index is 0.230. The number of carbonyl (C=O) groups excluding carboxylic acids is 2. The van der Waals surface area contributed by atoms with E-state index in [4.69, 9.17) is 9.47 Å². The van der Waals surface area contributed by atoms with Crippen LogP contribution in [0.5, 0.6) is 0 Å². The highest BCUT2D eigenvalue weighted by atomic mass is 16.5. The van der Waals surface area contributed by atoms with Crippen molar-refractivity contribution in [2.75, 3.05) is 6.61 Å². The molecule has 0 saturated heterocycles. The van der Waals surface area contributed by atoms with E-state index in [1.165, 1.54) is 17.7 Å². The van der Waals surface area contributed by atoms with Crippen LogP contribution in [-0.2, 0) is 32.1 Å². The number of hydrogen-bond donors (Lipinski definition) is 0. The molecule has 4 aromatic rings. The summed E-state index contributed by atoms with van der Waals surface area (Å²) in [5.74, 6) is -0.805. The van der Waals surface area contributed by atoms with Gasteiger partial charge in [-0.3, -0.25) is 0 Å². The molecule has 4 nitrogen and oxygen atoms in total. The van der Waals surface area contributed by atoms with Crippen molar-refractivity contribution in [3.8, 4) is 33.4 Å². The number of hydrogen-bond acceptors (Lipinski definition) is 4. The molecule has 0 aliphatic rings. The molecule has 0 aromatic heterocycles. The molecule has 4 rings (SSSR count). The Hall–Kier alpha value is -4.70. The fraction of sp³-hybridized carbons (Fsp3) is 0.118. The average Bonchev–Trinajstić information content (AvgIpc) is 2.98. The van der Waals surface area contributed by atoms with Crippen LogP contribution in [0, 0.1) is 0 Å². The van der Waals surface area contributed by atoms with Gasteiger partial charge in [0.25, 0.3) is 0 Å². The lowest BCUT2D eigenvalue weighted by Crippen LogP contribution is -2.02. The highest BCUT2D eigenvalue weighted by Gasteiger charge is 2.05. The second kappa shape index (κ2) is 13.0. The summed E-state index contributed by atoms with van der Waals surface area (Å²) in [5.41, 5.74) is 8.97. The van der Waals surface area contributed by atoms with Gasteiger partial charge in [0.05, 0.1) is 6.61 Å². The second-order valence-corrected chi connectivity index (χ2v) is 8.84. The Balaban J connectivity index is 1.39. The molecule has 0 aliphatic heterocycles. The third-order valence-corrected chi connectivity index (χ3v) is 6.22. The Kier molecular flexibility index (Phi) is 9.03. The van der Waals surface area contributed by atoms with E-state index < -0.39 is 5.97 Å². The van der Waals surface area contributed by atoms with Crippen LogP contribution in [0.4, 0.5) is 0 Å². The summed E-state index contributed by atoms with van der Waals surface area (Å²) in [4.78, 5) is 22.4. The van der Waals surface area contributed by atoms with Gasteiger partial charge in [0.15, 0.2) is 0 Å². The smallest absolute Gasteiger partial charge is 0.330 e. The van der Waals surface area contributed by atoms with E-state index in [0.29, 0.717) is 6.61 Å². The summed E-state index contributed by atoms with van der Waals surface area (Å²) in [6, 6.07) is 33.5. The number of esters is 2. The third-order valence-electron chi connectivity index (χ3n) is 6.22. The average molecular weight is 503 g/mol. The predicted molar refractivity (Wildman–Crippen MR) is 152 cm³/mol. The molecule has 0 spiro atoms. The lowest BCUT2D eigenvalue weighted by atomic mass is 9.96. The van der Waals surface area contributed by atoms with Gasteiger partial charge in [0.2, 0.25) is 0 Å². The number of rotatable bonds is 11. The summed E-state index contributed by atoms with van der Waals surface area (Å²) >= 11 is 0. The topological polar surface area (TPSA) is 52.6 Å². The first-order chi connectivity index (χ1) is 18.6. The molecule has 4 heteroatoms. The minimum atomic E-state index is -0.425. The van der Waals surface area contributed by atoms with Gasteiger partial charge in [-0.2, -0.15) is 0 Å². The molecule has 4 aromatic carbocycles. The lowest BCUT2D eigenvalue weighted by molar-refractivity contribution is -0.139. The molecule has 0 unspecified atom stereocenters. The van der Waals surface area contributed by atoms with Gasteiger partial charge in [-0.1, -0.05) is 104 Å². The normalized spacial score (nSPS) is 10.4. The number of carbonyl (C=O) groups is 2. The minimum Gasteiger partial charge on any atom is -0.463 e. The van der Waals surface area contributed by atoms with Gasteiger partial charge >= 0.3 is 11.9 Å². The van der Waals surface area contributed by atoms with Crippen molar-refractivity contribution in [3.63, 3.8) is 0 Å². The highest BCUT2D eigenvalue weighted by Crippen LogP contribution is 2.29. The van der Waals surface area contributed by atoms with Crippen molar-refractivity contribution < 1.29 is 19.1 Å². The molecule has 0 bridgehead atoms. The predicted octanol–water partition coefficient (Wildman–Crippen LogP) is 7.58. The van der Waals surface area contributed by atoms with Gasteiger partial charge in [-0.15, -0.1) is 0 Å². The fourth-order valence-corrected chi connectivity index (χ4v) is 4.11. The molecule has 0 amide bonds. The van der Waals surface area contributed by atoms with Crippen molar-refractivity contribution in [1.82, 2.24) is 0 Å². The first-order valence-electron chi connectivity index (χ1n) is 12.5. The maximum atomic E-state index is 11.3. The van der Waals surface area contributed by atoms with Crippen molar-refractivity contribution in [3.05, 3.63) is 133 Å². The van der Waals surface area contributed by atoms with Crippen molar-refractivity contribution in [2.45, 2.75) is 19.4 Å². The Morgan fingerprint density at radius 3 is 1.55 bits per heavy atom. The van der Waals surface area contributed by atoms with Gasteiger partial charge in [-0.25, -0.2) is 9.59 Å². The first-order valence-corrected chi connectivity index (χ1v) is 12.5. The maximum Gasteiger partial charge on any atom is 0.330 e. The van der Waals surface area contributed by atoms with Crippen LogP contribution in [0.2, 0.25) is 0 Å². The van der Waals surface area contributed by atoms with E-state index in [9.17, 15) is 9.59 Å². The monoisotopic (exact) mass is 502 g/mol. The molecular formula is C34H30O4. The summed E-state index contributed by atoms with van der Waals surface area (Å²) in [5, 5.41) is 0. The standard InChI is InChI=1S/C34H30O4/c1-3-33(35)37-22-6-7-25-10-14-27(15-11-25)28-18-20-30(21-19-28)32-9-5-8-31(23-32)29-16-12-26(13-17-29)24-38-34(36)4-2/h3-5,8-21,23H,1-2,6-7,22,24H2. The number of benzene rings is 4. The summed E-state index contributed by atoms with van der Waals surface area (Å²) in [6.07, 6.45) is 3.98. The van der Waals surface area contributed by atoms with Crippen LogP contribution < -0.4 is 0 Å². The molecule has 38 heavy (non-hydrogen) atoms. The Morgan fingerprint density at radius 2 is 1.03 bits per heavy atom. The molecule has 190 valence electrons. The number of aryl methyl sites for hydroxylation is 1. The van der Waals surface area contributed by atoms with E-state index in [1.54, 1.807) is 0 Å². The zero-order valence-electron chi connectivity index (χ0n) is 21.3. The molecule has 0 radical (unpaired) electrons. The molecule has 0 atom stereocenters. The lowest BCUT2D eigenvalue weighted by Gasteiger charge is -2.09. The molecule has 0 aliphatic carbocycles. The Morgan fingerprint density at radius 1 is 0.579 bits per heavy atom. The van der Waals surface area contributed by atoms with Gasteiger partial charge < -0.3 is 9.47 Å². The van der Waals surface area contributed by atoms with Gasteiger partial charge in [0.1, 0.15) is 6.61 Å². The summed E-state index contributed by atoms with van der Waals surface area (Å²) in [6.45, 7) is 7.44. The van der Waals surface area contributed by atoms with Crippen molar-refractivity contribution in [2.24, 2.45) is 0 Å². The van der Waals surface area contributed by atoms with Crippen LogP contribution in [0.15, 0.2) is 122 Å². The van der Waals surface area contributed by atoms with Gasteiger partial charge in [-0.05, 0) is 63.4 Å².